The highest BCUT2D eigenvalue weighted by Crippen LogP contribution is 2.42. The highest BCUT2D eigenvalue weighted by atomic mass is 35.5. The van der Waals surface area contributed by atoms with Crippen molar-refractivity contribution in [2.24, 2.45) is 11.8 Å². The van der Waals surface area contributed by atoms with Crippen LogP contribution in [0.2, 0.25) is 0 Å². The molecule has 0 aromatic carbocycles. The first-order valence-corrected chi connectivity index (χ1v) is 12.9. The molecule has 3 aliphatic rings. The second-order valence-corrected chi connectivity index (χ2v) is 11.0. The van der Waals surface area contributed by atoms with Crippen molar-refractivity contribution in [1.29, 1.82) is 0 Å². The van der Waals surface area contributed by atoms with Gasteiger partial charge in [0.2, 0.25) is 5.95 Å². The lowest BCUT2D eigenvalue weighted by molar-refractivity contribution is 0.00446. The van der Waals surface area contributed by atoms with Crippen LogP contribution in [-0.2, 0) is 0 Å². The lowest BCUT2D eigenvalue weighted by atomic mass is 10.1. The first kappa shape index (κ1) is 24.6. The molecule has 3 aromatic rings. The van der Waals surface area contributed by atoms with Crippen LogP contribution in [-0.4, -0.2) is 66.7 Å². The molecule has 188 valence electrons. The number of aromatic nitrogens is 4. The maximum Gasteiger partial charge on any atom is 0.224 e. The normalized spacial score (nSPS) is 26.1. The van der Waals surface area contributed by atoms with Crippen LogP contribution in [0.4, 0.5) is 11.8 Å². The number of nitrogens with one attached hydrogen (secondary N) is 2. The van der Waals surface area contributed by atoms with Gasteiger partial charge in [-0.15, -0.1) is 23.7 Å². The number of aryl methyl sites for hydroxylation is 1. The van der Waals surface area contributed by atoms with Crippen LogP contribution in [0.5, 0.6) is 0 Å². The Bertz CT molecular complexity index is 1220. The summed E-state index contributed by atoms with van der Waals surface area (Å²) in [5.74, 6) is 2.00. The van der Waals surface area contributed by atoms with Gasteiger partial charge in [-0.3, -0.25) is 4.98 Å². The first-order valence-electron chi connectivity index (χ1n) is 12.1. The molecule has 0 saturated heterocycles. The van der Waals surface area contributed by atoms with Gasteiger partial charge in [-0.25, -0.2) is 9.97 Å². The number of pyridine rings is 1. The van der Waals surface area contributed by atoms with Crippen molar-refractivity contribution in [2.75, 3.05) is 23.8 Å². The van der Waals surface area contributed by atoms with E-state index in [-0.39, 0.29) is 24.9 Å². The maximum atomic E-state index is 10.6. The number of fused-ring (bicyclic) bond motifs is 1. The Kier molecular flexibility index (Phi) is 6.84. The molecular weight excluding hydrogens is 488 g/mol. The second kappa shape index (κ2) is 9.74. The summed E-state index contributed by atoms with van der Waals surface area (Å²) < 4.78 is 1.09. The molecule has 6 rings (SSSR count). The van der Waals surface area contributed by atoms with Gasteiger partial charge < -0.3 is 26.0 Å². The molecule has 0 amide bonds. The molecule has 3 fully saturated rings. The number of aliphatic hydroxyl groups excluding tert-OH is 3. The fourth-order valence-corrected chi connectivity index (χ4v) is 5.83. The highest BCUT2D eigenvalue weighted by Gasteiger charge is 2.41. The molecule has 0 unspecified atom stereocenters. The average molecular weight is 519 g/mol. The molecule has 3 heterocycles. The lowest BCUT2D eigenvalue weighted by Gasteiger charge is -2.21. The predicted octanol–water partition coefficient (Wildman–Crippen LogP) is 3.09. The SMILES string of the molecule is Cc1nc(NCC2CC2)nc(N[C@@H]2C[C@H](CO)[C@@H](O)[C@H]2O)c1-c1nc2cnc(C3CC3)cc2s1.Cl. The number of hydrogen-bond donors (Lipinski definition) is 5. The first-order chi connectivity index (χ1) is 16.5. The molecule has 0 bridgehead atoms. The summed E-state index contributed by atoms with van der Waals surface area (Å²) in [4.78, 5) is 18.9. The van der Waals surface area contributed by atoms with Crippen LogP contribution in [0.1, 0.15) is 49.4 Å². The number of rotatable bonds is 8. The van der Waals surface area contributed by atoms with Crippen LogP contribution in [0, 0.1) is 18.8 Å². The summed E-state index contributed by atoms with van der Waals surface area (Å²) in [5.41, 5.74) is 3.56. The molecule has 9 nitrogen and oxygen atoms in total. The van der Waals surface area contributed by atoms with E-state index in [1.54, 1.807) is 11.3 Å². The minimum atomic E-state index is -0.996. The fourth-order valence-electron chi connectivity index (χ4n) is 4.75. The predicted molar refractivity (Wildman–Crippen MR) is 138 cm³/mol. The number of nitrogens with zero attached hydrogens (tertiary/aromatic N) is 4. The van der Waals surface area contributed by atoms with Gasteiger partial charge in [0.05, 0.1) is 34.3 Å². The number of halogens is 1. The number of aliphatic hydroxyl groups is 3. The largest absolute Gasteiger partial charge is 0.396 e. The molecule has 5 N–H and O–H groups in total. The van der Waals surface area contributed by atoms with E-state index in [4.69, 9.17) is 15.0 Å². The van der Waals surface area contributed by atoms with Gasteiger partial charge in [-0.05, 0) is 51.0 Å². The van der Waals surface area contributed by atoms with Gasteiger partial charge in [-0.1, -0.05) is 0 Å². The third kappa shape index (κ3) is 4.95. The Balaban J connectivity index is 0.00000253. The van der Waals surface area contributed by atoms with Crippen molar-refractivity contribution in [3.63, 3.8) is 0 Å². The lowest BCUT2D eigenvalue weighted by Crippen LogP contribution is -2.35. The standard InChI is InChI=1S/C24H30N6O3S.ClH/c1-11-19(23-29-17-9-25-15(13-4-5-13)7-18(17)34-23)22(30-24(27-11)26-8-12-2-3-12)28-16-6-14(10-31)20(32)21(16)33;/h7,9,12-14,16,20-21,31-33H,2-6,8,10H2,1H3,(H2,26,27,28,30);1H/t14-,16-,20-,21+;/m1./s1. The zero-order chi connectivity index (χ0) is 23.4. The number of anilines is 2. The molecular formula is C24H31ClN6O3S. The van der Waals surface area contributed by atoms with Gasteiger partial charge in [0, 0.05) is 30.7 Å². The summed E-state index contributed by atoms with van der Waals surface area (Å²) in [6, 6.07) is 1.71. The van der Waals surface area contributed by atoms with Crippen molar-refractivity contribution in [1.82, 2.24) is 19.9 Å². The minimum absolute atomic E-state index is 0. The second-order valence-electron chi connectivity index (χ2n) is 9.96. The van der Waals surface area contributed by atoms with E-state index in [1.807, 2.05) is 13.1 Å². The zero-order valence-corrected chi connectivity index (χ0v) is 21.1. The Morgan fingerprint density at radius 3 is 2.57 bits per heavy atom. The van der Waals surface area contributed by atoms with E-state index in [1.165, 1.54) is 25.7 Å². The monoisotopic (exact) mass is 518 g/mol. The van der Waals surface area contributed by atoms with E-state index in [0.717, 1.165) is 38.7 Å². The van der Waals surface area contributed by atoms with Crippen LogP contribution in [0.25, 0.3) is 20.8 Å². The smallest absolute Gasteiger partial charge is 0.224 e. The van der Waals surface area contributed by atoms with Crippen LogP contribution in [0.3, 0.4) is 0 Å². The summed E-state index contributed by atoms with van der Waals surface area (Å²) in [5, 5.41) is 38.0. The Morgan fingerprint density at radius 2 is 1.89 bits per heavy atom. The third-order valence-corrected chi connectivity index (χ3v) is 8.24. The van der Waals surface area contributed by atoms with Crippen molar-refractivity contribution in [3.8, 4) is 10.6 Å². The molecule has 0 aliphatic heterocycles. The maximum absolute atomic E-state index is 10.6. The Morgan fingerprint density at radius 1 is 1.09 bits per heavy atom. The quantitative estimate of drug-likeness (QED) is 0.304. The van der Waals surface area contributed by atoms with E-state index in [2.05, 4.69) is 21.7 Å². The van der Waals surface area contributed by atoms with Crippen LogP contribution < -0.4 is 10.6 Å². The highest BCUT2D eigenvalue weighted by molar-refractivity contribution is 7.21. The molecule has 35 heavy (non-hydrogen) atoms. The number of hydrogen-bond acceptors (Lipinski definition) is 10. The number of thiazole rings is 1. The topological polar surface area (TPSA) is 136 Å². The molecule has 3 aliphatic carbocycles. The molecule has 11 heteroatoms. The Hall–Kier alpha value is -2.11. The van der Waals surface area contributed by atoms with Gasteiger partial charge in [0.25, 0.3) is 0 Å². The molecule has 0 spiro atoms. The molecule has 4 atom stereocenters. The van der Waals surface area contributed by atoms with Crippen molar-refractivity contribution < 1.29 is 15.3 Å². The minimum Gasteiger partial charge on any atom is -0.396 e. The van der Waals surface area contributed by atoms with E-state index in [0.29, 0.717) is 30.0 Å². The van der Waals surface area contributed by atoms with Gasteiger partial charge in [0.15, 0.2) is 0 Å². The van der Waals surface area contributed by atoms with Crippen molar-refractivity contribution >= 4 is 45.7 Å². The van der Waals surface area contributed by atoms with Crippen LogP contribution in [0.15, 0.2) is 12.3 Å². The summed E-state index contributed by atoms with van der Waals surface area (Å²) in [6.07, 6.45) is 5.18. The average Bonchev–Trinajstić information content (AvgIpc) is 3.75. The van der Waals surface area contributed by atoms with Crippen LogP contribution >= 0.6 is 23.7 Å². The molecule has 3 saturated carbocycles. The van der Waals surface area contributed by atoms with Gasteiger partial charge >= 0.3 is 0 Å². The molecule has 0 radical (unpaired) electrons. The summed E-state index contributed by atoms with van der Waals surface area (Å²) >= 11 is 1.59. The van der Waals surface area contributed by atoms with E-state index < -0.39 is 18.2 Å². The van der Waals surface area contributed by atoms with E-state index >= 15 is 0 Å². The summed E-state index contributed by atoms with van der Waals surface area (Å²) in [7, 11) is 0. The Labute approximate surface area is 213 Å². The van der Waals surface area contributed by atoms with Crippen molar-refractivity contribution in [3.05, 3.63) is 23.7 Å². The summed E-state index contributed by atoms with van der Waals surface area (Å²) in [6.45, 7) is 2.61. The van der Waals surface area contributed by atoms with E-state index in [9.17, 15) is 15.3 Å². The van der Waals surface area contributed by atoms with Crippen molar-refractivity contribution in [2.45, 2.75) is 63.2 Å². The zero-order valence-electron chi connectivity index (χ0n) is 19.5. The van der Waals surface area contributed by atoms with Gasteiger partial charge in [0.1, 0.15) is 22.4 Å². The molecule has 3 aromatic heterocycles. The fraction of sp³-hybridized carbons (Fsp3) is 0.583. The third-order valence-electron chi connectivity index (χ3n) is 7.20. The van der Waals surface area contributed by atoms with Gasteiger partial charge in [-0.2, -0.15) is 4.98 Å².